The van der Waals surface area contributed by atoms with Gasteiger partial charge in [0.25, 0.3) is 0 Å². The van der Waals surface area contributed by atoms with Gasteiger partial charge in [-0.15, -0.1) is 0 Å². The first kappa shape index (κ1) is 17.1. The van der Waals surface area contributed by atoms with Gasteiger partial charge >= 0.3 is 0 Å². The van der Waals surface area contributed by atoms with Gasteiger partial charge in [0.05, 0.1) is 0 Å². The molecular formula is C16H26F2N2. The van der Waals surface area contributed by atoms with Crippen molar-refractivity contribution in [3.05, 3.63) is 35.4 Å². The molecule has 1 unspecified atom stereocenters. The molecule has 1 atom stereocenters. The van der Waals surface area contributed by atoms with Gasteiger partial charge in [0, 0.05) is 11.6 Å². The lowest BCUT2D eigenvalue weighted by atomic mass is 9.88. The van der Waals surface area contributed by atoms with E-state index in [9.17, 15) is 8.78 Å². The Labute approximate surface area is 121 Å². The van der Waals surface area contributed by atoms with Crippen molar-refractivity contribution < 1.29 is 8.78 Å². The second kappa shape index (κ2) is 7.14. The first-order chi connectivity index (χ1) is 9.28. The van der Waals surface area contributed by atoms with Crippen LogP contribution >= 0.6 is 0 Å². The summed E-state index contributed by atoms with van der Waals surface area (Å²) in [7, 11) is 4.07. The lowest BCUT2D eigenvalue weighted by molar-refractivity contribution is 0.137. The molecule has 2 nitrogen and oxygen atoms in total. The van der Waals surface area contributed by atoms with Gasteiger partial charge in [-0.25, -0.2) is 8.78 Å². The minimum Gasteiger partial charge on any atom is -0.312 e. The van der Waals surface area contributed by atoms with E-state index in [1.165, 1.54) is 12.1 Å². The molecule has 0 aliphatic heterocycles. The van der Waals surface area contributed by atoms with Crippen molar-refractivity contribution in [3.63, 3.8) is 0 Å². The Morgan fingerprint density at radius 1 is 1.20 bits per heavy atom. The van der Waals surface area contributed by atoms with Crippen LogP contribution in [0.25, 0.3) is 0 Å². The molecule has 0 fully saturated rings. The summed E-state index contributed by atoms with van der Waals surface area (Å²) in [5, 5.41) is 3.52. The molecule has 0 spiro atoms. The Balaban J connectivity index is 2.91. The van der Waals surface area contributed by atoms with Crippen LogP contribution in [0.15, 0.2) is 18.2 Å². The van der Waals surface area contributed by atoms with Gasteiger partial charge in [-0.3, -0.25) is 0 Å². The first-order valence-electron chi connectivity index (χ1n) is 7.13. The molecule has 1 aromatic rings. The predicted molar refractivity (Wildman–Crippen MR) is 79.9 cm³/mol. The van der Waals surface area contributed by atoms with E-state index < -0.39 is 11.6 Å². The lowest BCUT2D eigenvalue weighted by Crippen LogP contribution is -2.56. The summed E-state index contributed by atoms with van der Waals surface area (Å²) in [6.45, 7) is 7.33. The zero-order valence-electron chi connectivity index (χ0n) is 13.1. The maximum absolute atomic E-state index is 13.3. The zero-order valence-corrected chi connectivity index (χ0v) is 13.1. The fourth-order valence-corrected chi connectivity index (χ4v) is 2.10. The fourth-order valence-electron chi connectivity index (χ4n) is 2.10. The summed E-state index contributed by atoms with van der Waals surface area (Å²) >= 11 is 0. The van der Waals surface area contributed by atoms with Crippen LogP contribution in [0.4, 0.5) is 8.78 Å². The minimum absolute atomic E-state index is 0.0833. The molecule has 0 aliphatic carbocycles. The summed E-state index contributed by atoms with van der Waals surface area (Å²) in [5.41, 5.74) is 0.729. The Morgan fingerprint density at radius 3 is 2.35 bits per heavy atom. The maximum Gasteiger partial charge on any atom is 0.159 e. The van der Waals surface area contributed by atoms with Gasteiger partial charge < -0.3 is 10.2 Å². The van der Waals surface area contributed by atoms with Crippen molar-refractivity contribution in [2.45, 2.75) is 45.2 Å². The van der Waals surface area contributed by atoms with Crippen LogP contribution in [-0.4, -0.2) is 37.1 Å². The standard InChI is InChI=1S/C16H26F2N2/c1-6-9-19-15(16(2,3)20(4)5)11-12-7-8-13(17)14(18)10-12/h7-8,10,15,19H,6,9,11H2,1-5H3. The number of nitrogens with one attached hydrogen (secondary N) is 1. The smallest absolute Gasteiger partial charge is 0.159 e. The average molecular weight is 284 g/mol. The highest BCUT2D eigenvalue weighted by molar-refractivity contribution is 5.20. The van der Waals surface area contributed by atoms with E-state index in [4.69, 9.17) is 0 Å². The Morgan fingerprint density at radius 2 is 1.85 bits per heavy atom. The predicted octanol–water partition coefficient (Wildman–Crippen LogP) is 3.22. The molecule has 20 heavy (non-hydrogen) atoms. The van der Waals surface area contributed by atoms with Gasteiger partial charge in [-0.1, -0.05) is 13.0 Å². The molecular weight excluding hydrogens is 258 g/mol. The number of hydrogen-bond donors (Lipinski definition) is 1. The molecule has 0 amide bonds. The van der Waals surface area contributed by atoms with Crippen LogP contribution in [0.5, 0.6) is 0 Å². The summed E-state index contributed by atoms with van der Waals surface area (Å²) in [5.74, 6) is -1.57. The lowest BCUT2D eigenvalue weighted by Gasteiger charge is -2.41. The average Bonchev–Trinajstić information content (AvgIpc) is 2.38. The highest BCUT2D eigenvalue weighted by Crippen LogP contribution is 2.20. The van der Waals surface area contributed by atoms with Crippen molar-refractivity contribution in [1.82, 2.24) is 10.2 Å². The highest BCUT2D eigenvalue weighted by Gasteiger charge is 2.31. The molecule has 0 saturated carbocycles. The third-order valence-corrected chi connectivity index (χ3v) is 4.07. The van der Waals surface area contributed by atoms with Crippen LogP contribution in [-0.2, 0) is 6.42 Å². The van der Waals surface area contributed by atoms with Crippen molar-refractivity contribution >= 4 is 0 Å². The SMILES string of the molecule is CCCNC(Cc1ccc(F)c(F)c1)C(C)(C)N(C)C. The van der Waals surface area contributed by atoms with E-state index in [1.807, 2.05) is 14.1 Å². The van der Waals surface area contributed by atoms with Gasteiger partial charge in [0.15, 0.2) is 11.6 Å². The molecule has 0 aromatic heterocycles. The van der Waals surface area contributed by atoms with Gasteiger partial charge in [0.2, 0.25) is 0 Å². The summed E-state index contributed by atoms with van der Waals surface area (Å²) in [6, 6.07) is 4.32. The normalized spacial score (nSPS) is 13.8. The molecule has 0 heterocycles. The van der Waals surface area contributed by atoms with Crippen molar-refractivity contribution in [2.75, 3.05) is 20.6 Å². The Hall–Kier alpha value is -1.00. The van der Waals surface area contributed by atoms with E-state index in [-0.39, 0.29) is 11.6 Å². The van der Waals surface area contributed by atoms with Crippen molar-refractivity contribution in [2.24, 2.45) is 0 Å². The first-order valence-corrected chi connectivity index (χ1v) is 7.13. The van der Waals surface area contributed by atoms with Crippen LogP contribution in [0.1, 0.15) is 32.8 Å². The molecule has 1 rings (SSSR count). The van der Waals surface area contributed by atoms with Gasteiger partial charge in [0.1, 0.15) is 0 Å². The summed E-state index contributed by atoms with van der Waals surface area (Å²) in [6.07, 6.45) is 1.71. The summed E-state index contributed by atoms with van der Waals surface area (Å²) < 4.78 is 26.3. The van der Waals surface area contributed by atoms with E-state index in [1.54, 1.807) is 6.07 Å². The largest absolute Gasteiger partial charge is 0.312 e. The third-order valence-electron chi connectivity index (χ3n) is 4.07. The van der Waals surface area contributed by atoms with Crippen molar-refractivity contribution in [1.29, 1.82) is 0 Å². The molecule has 4 heteroatoms. The Kier molecular flexibility index (Phi) is 6.08. The zero-order chi connectivity index (χ0) is 15.3. The van der Waals surface area contributed by atoms with E-state index in [0.717, 1.165) is 18.5 Å². The quantitative estimate of drug-likeness (QED) is 0.827. The van der Waals surface area contributed by atoms with Crippen LogP contribution in [0, 0.1) is 11.6 Å². The summed E-state index contributed by atoms with van der Waals surface area (Å²) in [4.78, 5) is 2.15. The van der Waals surface area contributed by atoms with E-state index in [2.05, 4.69) is 31.0 Å². The second-order valence-electron chi connectivity index (χ2n) is 6.01. The van der Waals surface area contributed by atoms with Crippen molar-refractivity contribution in [3.8, 4) is 0 Å². The second-order valence-corrected chi connectivity index (χ2v) is 6.01. The van der Waals surface area contributed by atoms with Crippen LogP contribution < -0.4 is 5.32 Å². The molecule has 0 radical (unpaired) electrons. The minimum atomic E-state index is -0.793. The number of hydrogen-bond acceptors (Lipinski definition) is 2. The maximum atomic E-state index is 13.3. The van der Waals surface area contributed by atoms with E-state index in [0.29, 0.717) is 6.42 Å². The number of nitrogens with zero attached hydrogens (tertiary/aromatic N) is 1. The Bertz CT molecular complexity index is 430. The molecule has 0 saturated heterocycles. The number of rotatable bonds is 7. The molecule has 1 aromatic carbocycles. The molecule has 0 bridgehead atoms. The monoisotopic (exact) mass is 284 g/mol. The number of benzene rings is 1. The van der Waals surface area contributed by atoms with E-state index >= 15 is 0 Å². The third kappa shape index (κ3) is 4.25. The number of likely N-dealkylation sites (N-methyl/N-ethyl adjacent to an activating group) is 1. The topological polar surface area (TPSA) is 15.3 Å². The van der Waals surface area contributed by atoms with Gasteiger partial charge in [-0.05, 0) is 65.0 Å². The van der Waals surface area contributed by atoms with Crippen LogP contribution in [0.2, 0.25) is 0 Å². The van der Waals surface area contributed by atoms with Gasteiger partial charge in [-0.2, -0.15) is 0 Å². The molecule has 0 aliphatic rings. The number of halogens is 2. The molecule has 114 valence electrons. The fraction of sp³-hybridized carbons (Fsp3) is 0.625. The molecule has 1 N–H and O–H groups in total. The highest BCUT2D eigenvalue weighted by atomic mass is 19.2. The van der Waals surface area contributed by atoms with Crippen LogP contribution in [0.3, 0.4) is 0 Å².